The Morgan fingerprint density at radius 2 is 1.88 bits per heavy atom. The van der Waals surface area contributed by atoms with Crippen molar-refractivity contribution in [2.24, 2.45) is 0 Å². The standard InChI is InChI=1S/C20H22N2O3/c1-25-14-15-8-5-6-11-17(15)19(23)21-18-12-7-13-22(20(18)24)16-9-3-2-4-10-16/h2-6,8-11,18H,7,12-14H2,1H3,(H,21,23). The van der Waals surface area contributed by atoms with Crippen molar-refractivity contribution >= 4 is 17.5 Å². The van der Waals surface area contributed by atoms with Crippen LogP contribution < -0.4 is 10.2 Å². The fourth-order valence-corrected chi connectivity index (χ4v) is 3.13. The molecular weight excluding hydrogens is 316 g/mol. The molecule has 0 saturated carbocycles. The van der Waals surface area contributed by atoms with Crippen LogP contribution in [-0.2, 0) is 16.1 Å². The Kier molecular flexibility index (Phi) is 5.46. The highest BCUT2D eigenvalue weighted by atomic mass is 16.5. The Bertz CT molecular complexity index is 746. The van der Waals surface area contributed by atoms with Crippen molar-refractivity contribution in [1.82, 2.24) is 5.32 Å². The minimum atomic E-state index is -0.503. The fraction of sp³-hybridized carbons (Fsp3) is 0.300. The number of nitrogens with one attached hydrogen (secondary N) is 1. The van der Waals surface area contributed by atoms with E-state index >= 15 is 0 Å². The lowest BCUT2D eigenvalue weighted by Gasteiger charge is -2.32. The van der Waals surface area contributed by atoms with Crippen LogP contribution in [0.4, 0.5) is 5.69 Å². The first-order chi connectivity index (χ1) is 12.2. The second kappa shape index (κ2) is 7.94. The predicted molar refractivity (Wildman–Crippen MR) is 96.4 cm³/mol. The molecule has 0 bridgehead atoms. The van der Waals surface area contributed by atoms with E-state index in [-0.39, 0.29) is 11.8 Å². The van der Waals surface area contributed by atoms with E-state index in [1.165, 1.54) is 0 Å². The van der Waals surface area contributed by atoms with Gasteiger partial charge in [-0.3, -0.25) is 9.59 Å². The molecule has 130 valence electrons. The molecule has 2 aromatic rings. The maximum atomic E-state index is 12.8. The summed E-state index contributed by atoms with van der Waals surface area (Å²) in [5.41, 5.74) is 2.23. The SMILES string of the molecule is COCc1ccccc1C(=O)NC1CCCN(c2ccccc2)C1=O. The predicted octanol–water partition coefficient (Wildman–Crippen LogP) is 2.76. The molecule has 1 fully saturated rings. The van der Waals surface area contributed by atoms with Gasteiger partial charge in [0.15, 0.2) is 0 Å². The molecule has 3 rings (SSSR count). The molecule has 0 radical (unpaired) electrons. The average Bonchev–Trinajstić information content (AvgIpc) is 2.65. The summed E-state index contributed by atoms with van der Waals surface area (Å²) >= 11 is 0. The third kappa shape index (κ3) is 3.88. The van der Waals surface area contributed by atoms with Crippen molar-refractivity contribution in [1.29, 1.82) is 0 Å². The van der Waals surface area contributed by atoms with Crippen LogP contribution in [-0.4, -0.2) is 31.5 Å². The second-order valence-corrected chi connectivity index (χ2v) is 6.08. The number of piperidine rings is 1. The van der Waals surface area contributed by atoms with Crippen LogP contribution in [0.25, 0.3) is 0 Å². The van der Waals surface area contributed by atoms with Crippen LogP contribution in [0.2, 0.25) is 0 Å². The van der Waals surface area contributed by atoms with E-state index < -0.39 is 6.04 Å². The molecule has 2 aromatic carbocycles. The molecule has 2 amide bonds. The van der Waals surface area contributed by atoms with E-state index in [1.54, 1.807) is 18.1 Å². The number of carbonyl (C=O) groups is 2. The number of hydrogen-bond acceptors (Lipinski definition) is 3. The van der Waals surface area contributed by atoms with Gasteiger partial charge in [0.1, 0.15) is 6.04 Å². The smallest absolute Gasteiger partial charge is 0.252 e. The zero-order chi connectivity index (χ0) is 17.6. The van der Waals surface area contributed by atoms with Crippen LogP contribution in [0.1, 0.15) is 28.8 Å². The largest absolute Gasteiger partial charge is 0.380 e. The molecule has 1 unspecified atom stereocenters. The molecule has 1 aliphatic rings. The summed E-state index contributed by atoms with van der Waals surface area (Å²) in [4.78, 5) is 27.2. The Labute approximate surface area is 147 Å². The maximum absolute atomic E-state index is 12.8. The lowest BCUT2D eigenvalue weighted by molar-refractivity contribution is -0.121. The number of anilines is 1. The molecule has 1 N–H and O–H groups in total. The number of benzene rings is 2. The van der Waals surface area contributed by atoms with Crippen molar-refractivity contribution in [3.8, 4) is 0 Å². The minimum absolute atomic E-state index is 0.0602. The summed E-state index contributed by atoms with van der Waals surface area (Å²) in [6, 6.07) is 16.4. The van der Waals surface area contributed by atoms with Crippen molar-refractivity contribution < 1.29 is 14.3 Å². The van der Waals surface area contributed by atoms with Gasteiger partial charge in [-0.05, 0) is 36.6 Å². The van der Waals surface area contributed by atoms with Crippen LogP contribution in [0, 0.1) is 0 Å². The van der Waals surface area contributed by atoms with Gasteiger partial charge in [-0.2, -0.15) is 0 Å². The zero-order valence-corrected chi connectivity index (χ0v) is 14.3. The van der Waals surface area contributed by atoms with E-state index in [0.29, 0.717) is 25.1 Å². The highest BCUT2D eigenvalue weighted by Gasteiger charge is 2.31. The van der Waals surface area contributed by atoms with Crippen molar-refractivity contribution in [2.45, 2.75) is 25.5 Å². The molecule has 1 heterocycles. The van der Waals surface area contributed by atoms with Gasteiger partial charge < -0.3 is 15.0 Å². The van der Waals surface area contributed by atoms with Crippen molar-refractivity contribution in [3.05, 3.63) is 65.7 Å². The first kappa shape index (κ1) is 17.2. The first-order valence-corrected chi connectivity index (χ1v) is 8.45. The van der Waals surface area contributed by atoms with E-state index in [9.17, 15) is 9.59 Å². The zero-order valence-electron chi connectivity index (χ0n) is 14.3. The molecule has 1 aliphatic heterocycles. The van der Waals surface area contributed by atoms with Gasteiger partial charge in [0.25, 0.3) is 5.91 Å². The summed E-state index contributed by atoms with van der Waals surface area (Å²) in [7, 11) is 1.59. The second-order valence-electron chi connectivity index (χ2n) is 6.08. The first-order valence-electron chi connectivity index (χ1n) is 8.45. The molecule has 0 spiro atoms. The van der Waals surface area contributed by atoms with Gasteiger partial charge >= 0.3 is 0 Å². The minimum Gasteiger partial charge on any atom is -0.380 e. The van der Waals surface area contributed by atoms with E-state index in [1.807, 2.05) is 48.5 Å². The maximum Gasteiger partial charge on any atom is 0.252 e. The van der Waals surface area contributed by atoms with Gasteiger partial charge in [0.2, 0.25) is 5.91 Å². The number of para-hydroxylation sites is 1. The summed E-state index contributed by atoms with van der Waals surface area (Å²) in [5, 5.41) is 2.90. The Morgan fingerprint density at radius 3 is 2.64 bits per heavy atom. The molecule has 1 saturated heterocycles. The normalized spacial score (nSPS) is 17.4. The Hall–Kier alpha value is -2.66. The number of rotatable bonds is 5. The van der Waals surface area contributed by atoms with Crippen molar-refractivity contribution in [2.75, 3.05) is 18.6 Å². The van der Waals surface area contributed by atoms with E-state index in [2.05, 4.69) is 5.32 Å². The summed E-state index contributed by atoms with van der Waals surface area (Å²) < 4.78 is 5.15. The van der Waals surface area contributed by atoms with Gasteiger partial charge in [-0.25, -0.2) is 0 Å². The van der Waals surface area contributed by atoms with Crippen molar-refractivity contribution in [3.63, 3.8) is 0 Å². The van der Waals surface area contributed by atoms with Gasteiger partial charge in [-0.1, -0.05) is 36.4 Å². The van der Waals surface area contributed by atoms with Crippen LogP contribution in [0.3, 0.4) is 0 Å². The van der Waals surface area contributed by atoms with Crippen LogP contribution in [0.15, 0.2) is 54.6 Å². The topological polar surface area (TPSA) is 58.6 Å². The molecule has 5 nitrogen and oxygen atoms in total. The molecule has 25 heavy (non-hydrogen) atoms. The number of nitrogens with zero attached hydrogens (tertiary/aromatic N) is 1. The number of hydrogen-bond donors (Lipinski definition) is 1. The number of ether oxygens (including phenoxy) is 1. The highest BCUT2D eigenvalue weighted by molar-refractivity contribution is 6.03. The summed E-state index contributed by atoms with van der Waals surface area (Å²) in [5.74, 6) is -0.295. The van der Waals surface area contributed by atoms with Gasteiger partial charge in [0.05, 0.1) is 6.61 Å². The van der Waals surface area contributed by atoms with Gasteiger partial charge in [0, 0.05) is 24.9 Å². The molecule has 1 atom stereocenters. The lowest BCUT2D eigenvalue weighted by Crippen LogP contribution is -2.52. The third-order valence-corrected chi connectivity index (χ3v) is 4.37. The van der Waals surface area contributed by atoms with E-state index in [4.69, 9.17) is 4.74 Å². The molecule has 0 aromatic heterocycles. The number of carbonyl (C=O) groups excluding carboxylic acids is 2. The summed E-state index contributed by atoms with van der Waals surface area (Å²) in [6.45, 7) is 1.04. The number of methoxy groups -OCH3 is 1. The quantitative estimate of drug-likeness (QED) is 0.912. The van der Waals surface area contributed by atoms with Crippen LogP contribution in [0.5, 0.6) is 0 Å². The monoisotopic (exact) mass is 338 g/mol. The van der Waals surface area contributed by atoms with E-state index in [0.717, 1.165) is 17.7 Å². The Balaban J connectivity index is 1.74. The summed E-state index contributed by atoms with van der Waals surface area (Å²) in [6.07, 6.45) is 1.51. The number of amides is 2. The van der Waals surface area contributed by atoms with Crippen LogP contribution >= 0.6 is 0 Å². The molecular formula is C20H22N2O3. The molecule has 5 heteroatoms. The molecule has 0 aliphatic carbocycles. The average molecular weight is 338 g/mol. The third-order valence-electron chi connectivity index (χ3n) is 4.37. The highest BCUT2D eigenvalue weighted by Crippen LogP contribution is 2.21. The van der Waals surface area contributed by atoms with Gasteiger partial charge in [-0.15, -0.1) is 0 Å². The lowest BCUT2D eigenvalue weighted by atomic mass is 10.0. The fourth-order valence-electron chi connectivity index (χ4n) is 3.13. The Morgan fingerprint density at radius 1 is 1.16 bits per heavy atom.